The Morgan fingerprint density at radius 1 is 1.62 bits per heavy atom. The SMILES string of the molecule is C[As+](C)(O)CC(=O)O. The Balaban J connectivity index is 3.55. The fourth-order valence-electron chi connectivity index (χ4n) is 0.331. The van der Waals surface area contributed by atoms with Gasteiger partial charge in [0.2, 0.25) is 0 Å². The number of carboxylic acid groups (broad SMARTS) is 1. The van der Waals surface area contributed by atoms with Gasteiger partial charge in [0.15, 0.2) is 0 Å². The molecule has 0 radical (unpaired) electrons. The minimum absolute atomic E-state index is 0.0295. The van der Waals surface area contributed by atoms with Gasteiger partial charge < -0.3 is 0 Å². The predicted molar refractivity (Wildman–Crippen MR) is 32.1 cm³/mol. The summed E-state index contributed by atoms with van der Waals surface area (Å²) in [6.45, 7) is 0. The maximum absolute atomic E-state index is 9.90. The normalized spacial score (nSPS) is 11.4. The standard InChI is InChI=1S/C4H9AsO3/c1-5(2,8)3-4(6)7/h8H,3H2,1-2H3/p+1. The Kier molecular flexibility index (Phi) is 2.51. The first-order valence-corrected chi connectivity index (χ1v) is 8.11. The Hall–Kier alpha value is -0.0116. The summed E-state index contributed by atoms with van der Waals surface area (Å²) in [5, 5.41) is 8.10. The number of carboxylic acids is 1. The molecule has 0 unspecified atom stereocenters. The number of aliphatic carboxylic acids is 1. The van der Waals surface area contributed by atoms with Crippen molar-refractivity contribution in [2.45, 2.75) is 16.6 Å². The summed E-state index contributed by atoms with van der Waals surface area (Å²) >= 11 is -2.61. The average Bonchev–Trinajstić information content (AvgIpc) is 1.21. The molecule has 0 rings (SSSR count). The van der Waals surface area contributed by atoms with Crippen molar-refractivity contribution >= 4 is 19.9 Å². The van der Waals surface area contributed by atoms with E-state index in [0.717, 1.165) is 0 Å². The van der Waals surface area contributed by atoms with E-state index in [9.17, 15) is 4.79 Å². The van der Waals surface area contributed by atoms with Crippen LogP contribution in [0.15, 0.2) is 0 Å². The van der Waals surface area contributed by atoms with Crippen molar-refractivity contribution in [1.29, 1.82) is 0 Å². The molecule has 0 aliphatic carbocycles. The fourth-order valence-corrected chi connectivity index (χ4v) is 1.72. The first kappa shape index (κ1) is 7.99. The molecule has 48 valence electrons. The van der Waals surface area contributed by atoms with E-state index in [1.165, 1.54) is 0 Å². The summed E-state index contributed by atoms with van der Waals surface area (Å²) in [6, 6.07) is 0. The van der Waals surface area contributed by atoms with Crippen LogP contribution >= 0.6 is 0 Å². The topological polar surface area (TPSA) is 57.5 Å². The molecule has 0 amide bonds. The van der Waals surface area contributed by atoms with Crippen LogP contribution in [0, 0.1) is 0 Å². The van der Waals surface area contributed by atoms with E-state index >= 15 is 0 Å². The molecule has 0 saturated heterocycles. The maximum atomic E-state index is 9.90. The third-order valence-electron chi connectivity index (χ3n) is 0.522. The zero-order chi connectivity index (χ0) is 6.78. The molecule has 0 aromatic rings. The molecule has 0 atom stereocenters. The van der Waals surface area contributed by atoms with Gasteiger partial charge in [-0.1, -0.05) is 0 Å². The van der Waals surface area contributed by atoms with E-state index in [2.05, 4.69) is 0 Å². The number of rotatable bonds is 2. The van der Waals surface area contributed by atoms with Crippen LogP contribution in [-0.4, -0.2) is 29.1 Å². The molecule has 0 aromatic heterocycles. The van der Waals surface area contributed by atoms with Crippen LogP contribution in [-0.2, 0) is 4.79 Å². The monoisotopic (exact) mass is 181 g/mol. The first-order chi connectivity index (χ1) is 3.42. The van der Waals surface area contributed by atoms with Crippen molar-refractivity contribution in [3.63, 3.8) is 0 Å². The molecule has 0 aromatic carbocycles. The van der Waals surface area contributed by atoms with Crippen molar-refractivity contribution < 1.29 is 14.0 Å². The second kappa shape index (κ2) is 2.51. The summed E-state index contributed by atoms with van der Waals surface area (Å²) < 4.78 is 8.98. The molecule has 0 spiro atoms. The van der Waals surface area contributed by atoms with Crippen LogP contribution in [0.1, 0.15) is 0 Å². The van der Waals surface area contributed by atoms with E-state index < -0.39 is 19.9 Å². The van der Waals surface area contributed by atoms with E-state index in [1.807, 2.05) is 0 Å². The summed E-state index contributed by atoms with van der Waals surface area (Å²) in [5.41, 5.74) is 3.26. The van der Waals surface area contributed by atoms with E-state index in [0.29, 0.717) is 0 Å². The molecule has 0 aliphatic heterocycles. The molecule has 0 heterocycles. The van der Waals surface area contributed by atoms with E-state index in [4.69, 9.17) is 9.20 Å². The van der Waals surface area contributed by atoms with Crippen LogP contribution < -0.4 is 0 Å². The van der Waals surface area contributed by atoms with Gasteiger partial charge in [-0.3, -0.25) is 0 Å². The zero-order valence-corrected chi connectivity index (χ0v) is 6.83. The zero-order valence-electron chi connectivity index (χ0n) is 4.96. The van der Waals surface area contributed by atoms with Crippen molar-refractivity contribution in [3.8, 4) is 0 Å². The first-order valence-electron chi connectivity index (χ1n) is 2.19. The Bertz CT molecular complexity index is 93.9. The number of hydrogen-bond acceptors (Lipinski definition) is 2. The second-order valence-electron chi connectivity index (χ2n) is 2.17. The average molecular weight is 181 g/mol. The van der Waals surface area contributed by atoms with Gasteiger partial charge in [0, 0.05) is 0 Å². The van der Waals surface area contributed by atoms with Crippen LogP contribution in [0.4, 0.5) is 0 Å². The van der Waals surface area contributed by atoms with Gasteiger partial charge in [-0.15, -0.1) is 0 Å². The molecule has 0 saturated carbocycles. The third-order valence-corrected chi connectivity index (χ3v) is 2.71. The van der Waals surface area contributed by atoms with E-state index in [1.54, 1.807) is 11.4 Å². The summed E-state index contributed by atoms with van der Waals surface area (Å²) in [5.74, 6) is -0.898. The molecule has 2 N–H and O–H groups in total. The molecular weight excluding hydrogens is 171 g/mol. The predicted octanol–water partition coefficient (Wildman–Crippen LogP) is 0.268. The van der Waals surface area contributed by atoms with Crippen LogP contribution in [0.25, 0.3) is 0 Å². The number of carbonyl (C=O) groups is 1. The van der Waals surface area contributed by atoms with Gasteiger partial charge in [0.1, 0.15) is 0 Å². The van der Waals surface area contributed by atoms with Crippen molar-refractivity contribution in [3.05, 3.63) is 0 Å². The minimum atomic E-state index is -2.61. The van der Waals surface area contributed by atoms with Crippen LogP contribution in [0.5, 0.6) is 0 Å². The third kappa shape index (κ3) is 5.99. The molecule has 3 nitrogen and oxygen atoms in total. The van der Waals surface area contributed by atoms with Gasteiger partial charge in [-0.25, -0.2) is 0 Å². The quantitative estimate of drug-likeness (QED) is 0.601. The van der Waals surface area contributed by atoms with Gasteiger partial charge in [0.05, 0.1) is 0 Å². The molecule has 4 heteroatoms. The molecule has 8 heavy (non-hydrogen) atoms. The van der Waals surface area contributed by atoms with Gasteiger partial charge in [-0.2, -0.15) is 0 Å². The van der Waals surface area contributed by atoms with Gasteiger partial charge >= 0.3 is 50.5 Å². The molecular formula is C4H10AsO3+. The van der Waals surface area contributed by atoms with Crippen LogP contribution in [0.3, 0.4) is 0 Å². The Morgan fingerprint density at radius 2 is 2.00 bits per heavy atom. The second-order valence-corrected chi connectivity index (χ2v) is 9.64. The Labute approximate surface area is 51.1 Å². The summed E-state index contributed by atoms with van der Waals surface area (Å²) in [7, 11) is 0. The van der Waals surface area contributed by atoms with Crippen molar-refractivity contribution in [2.75, 3.05) is 0 Å². The number of hydrogen-bond donors (Lipinski definition) is 2. The van der Waals surface area contributed by atoms with Crippen molar-refractivity contribution in [2.24, 2.45) is 0 Å². The van der Waals surface area contributed by atoms with Gasteiger partial charge in [-0.05, 0) is 0 Å². The fraction of sp³-hybridized carbons (Fsp3) is 0.750. The summed E-state index contributed by atoms with van der Waals surface area (Å²) in [4.78, 5) is 9.90. The molecule has 0 bridgehead atoms. The summed E-state index contributed by atoms with van der Waals surface area (Å²) in [6.07, 6.45) is 0. The van der Waals surface area contributed by atoms with Crippen LogP contribution in [0.2, 0.25) is 16.6 Å². The molecule has 0 aliphatic rings. The Morgan fingerprint density at radius 3 is 2.00 bits per heavy atom. The molecule has 0 fully saturated rings. The van der Waals surface area contributed by atoms with E-state index in [-0.39, 0.29) is 5.21 Å². The van der Waals surface area contributed by atoms with Gasteiger partial charge in [0.25, 0.3) is 0 Å². The van der Waals surface area contributed by atoms with Crippen molar-refractivity contribution in [1.82, 2.24) is 0 Å².